The van der Waals surface area contributed by atoms with E-state index in [2.05, 4.69) is 20.8 Å². The molecule has 1 amide bonds. The molecular weight excluding hydrogens is 540 g/mol. The van der Waals surface area contributed by atoms with Gasteiger partial charge in [-0.05, 0) is 58.8 Å². The molecule has 9 nitrogen and oxygen atoms in total. The second kappa shape index (κ2) is 12.1. The Balaban J connectivity index is 1.40. The molecule has 0 radical (unpaired) electrons. The number of nitrogens with zero attached hydrogens (tertiary/aromatic N) is 5. The largest absolute Gasteiger partial charge is 0.350 e. The fourth-order valence-electron chi connectivity index (χ4n) is 4.76. The fourth-order valence-corrected chi connectivity index (χ4v) is 4.94. The summed E-state index contributed by atoms with van der Waals surface area (Å²) in [7, 11) is 1.95. The Morgan fingerprint density at radius 1 is 1.05 bits per heavy atom. The van der Waals surface area contributed by atoms with E-state index in [9.17, 15) is 14.4 Å². The second-order valence-electron chi connectivity index (χ2n) is 9.73. The molecule has 41 heavy (non-hydrogen) atoms. The number of carbonyl (C=O) groups is 3. The fraction of sp³-hybridized carbons (Fsp3) is 0.161. The van der Waals surface area contributed by atoms with Crippen molar-refractivity contribution in [2.75, 3.05) is 0 Å². The first kappa shape index (κ1) is 27.7. The van der Waals surface area contributed by atoms with Crippen LogP contribution in [0.1, 0.15) is 34.0 Å². The topological polar surface area (TPSA) is 112 Å². The van der Waals surface area contributed by atoms with Crippen LogP contribution >= 0.6 is 11.6 Å². The first-order chi connectivity index (χ1) is 19.8. The van der Waals surface area contributed by atoms with E-state index >= 15 is 0 Å². The average Bonchev–Trinajstić information content (AvgIpc) is 3.60. The summed E-state index contributed by atoms with van der Waals surface area (Å²) in [6.07, 6.45) is 6.83. The maximum absolute atomic E-state index is 13.6. The highest BCUT2D eigenvalue weighted by molar-refractivity contribution is 6.30. The zero-order valence-corrected chi connectivity index (χ0v) is 23.2. The Morgan fingerprint density at radius 3 is 2.56 bits per heavy atom. The maximum atomic E-state index is 13.6. The van der Waals surface area contributed by atoms with E-state index in [1.807, 2.05) is 42.1 Å². The van der Waals surface area contributed by atoms with Gasteiger partial charge in [0.2, 0.25) is 5.91 Å². The normalized spacial score (nSPS) is 12.1. The van der Waals surface area contributed by atoms with Crippen molar-refractivity contribution in [2.45, 2.75) is 25.8 Å². The molecule has 2 aromatic heterocycles. The van der Waals surface area contributed by atoms with Gasteiger partial charge in [0, 0.05) is 59.2 Å². The van der Waals surface area contributed by atoms with Gasteiger partial charge in [-0.15, -0.1) is 5.10 Å². The highest BCUT2D eigenvalue weighted by atomic mass is 35.5. The number of para-hydroxylation sites is 1. The molecule has 5 rings (SSSR count). The van der Waals surface area contributed by atoms with Crippen molar-refractivity contribution in [1.82, 2.24) is 30.1 Å². The molecule has 1 unspecified atom stereocenters. The SMILES string of the molecule is CC(=O)c1ccc(CC(=O)C(Cc2cn(C)c3ccccc23)NC(=O)/C=C/c2cc(Cl)ccc2-n2cnnn2)cc1. The van der Waals surface area contributed by atoms with Gasteiger partial charge >= 0.3 is 0 Å². The van der Waals surface area contributed by atoms with Crippen LogP contribution in [0.25, 0.3) is 22.7 Å². The lowest BCUT2D eigenvalue weighted by Crippen LogP contribution is -2.42. The minimum absolute atomic E-state index is 0.0429. The number of aromatic nitrogens is 5. The number of carbonyl (C=O) groups excluding carboxylic acids is 3. The molecule has 1 N–H and O–H groups in total. The minimum atomic E-state index is -0.788. The number of benzene rings is 3. The second-order valence-corrected chi connectivity index (χ2v) is 10.2. The van der Waals surface area contributed by atoms with E-state index < -0.39 is 11.9 Å². The number of aryl methyl sites for hydroxylation is 1. The Labute approximate surface area is 241 Å². The molecule has 2 heterocycles. The van der Waals surface area contributed by atoms with Crippen LogP contribution in [0.15, 0.2) is 85.3 Å². The summed E-state index contributed by atoms with van der Waals surface area (Å²) in [6, 6.07) is 19.3. The molecule has 3 aromatic carbocycles. The van der Waals surface area contributed by atoms with E-state index in [4.69, 9.17) is 11.6 Å². The molecule has 0 saturated heterocycles. The van der Waals surface area contributed by atoms with E-state index in [1.165, 1.54) is 24.0 Å². The zero-order valence-electron chi connectivity index (χ0n) is 22.5. The van der Waals surface area contributed by atoms with Crippen LogP contribution in [-0.4, -0.2) is 48.3 Å². The van der Waals surface area contributed by atoms with Gasteiger partial charge in [0.15, 0.2) is 11.6 Å². The number of ketones is 2. The molecule has 5 aromatic rings. The van der Waals surface area contributed by atoms with Crippen LogP contribution in [-0.2, 0) is 29.5 Å². The van der Waals surface area contributed by atoms with Crippen LogP contribution in [0.5, 0.6) is 0 Å². The molecule has 0 aliphatic rings. The lowest BCUT2D eigenvalue weighted by atomic mass is 9.96. The molecule has 0 aliphatic heterocycles. The third-order valence-corrected chi connectivity index (χ3v) is 7.08. The molecule has 1 atom stereocenters. The van der Waals surface area contributed by atoms with Crippen molar-refractivity contribution >= 4 is 46.1 Å². The third kappa shape index (κ3) is 6.47. The molecule has 206 valence electrons. The monoisotopic (exact) mass is 566 g/mol. The summed E-state index contributed by atoms with van der Waals surface area (Å²) in [5.74, 6) is -0.621. The van der Waals surface area contributed by atoms with E-state index in [0.717, 1.165) is 22.0 Å². The smallest absolute Gasteiger partial charge is 0.244 e. The number of rotatable bonds is 10. The minimum Gasteiger partial charge on any atom is -0.350 e. The summed E-state index contributed by atoms with van der Waals surface area (Å²) < 4.78 is 3.48. The molecule has 0 saturated carbocycles. The Kier molecular flexibility index (Phi) is 8.16. The quantitative estimate of drug-likeness (QED) is 0.196. The van der Waals surface area contributed by atoms with Crippen molar-refractivity contribution < 1.29 is 14.4 Å². The Bertz CT molecular complexity index is 1760. The van der Waals surface area contributed by atoms with Gasteiger partial charge in [0.25, 0.3) is 0 Å². The molecule has 0 aliphatic carbocycles. The van der Waals surface area contributed by atoms with Crippen molar-refractivity contribution in [2.24, 2.45) is 7.05 Å². The van der Waals surface area contributed by atoms with Gasteiger partial charge in [-0.25, -0.2) is 0 Å². The van der Waals surface area contributed by atoms with Gasteiger partial charge in [-0.1, -0.05) is 54.1 Å². The number of Topliss-reactive ketones (excluding diaryl/α,β-unsaturated/α-hetero) is 2. The van der Waals surface area contributed by atoms with Crippen LogP contribution in [0.4, 0.5) is 0 Å². The number of hydrogen-bond acceptors (Lipinski definition) is 6. The highest BCUT2D eigenvalue weighted by Crippen LogP contribution is 2.23. The average molecular weight is 567 g/mol. The van der Waals surface area contributed by atoms with Crippen LogP contribution in [0, 0.1) is 0 Å². The molecular formula is C31H27ClN6O3. The summed E-state index contributed by atoms with van der Waals surface area (Å²) in [5, 5.41) is 15.7. The van der Waals surface area contributed by atoms with Gasteiger partial charge in [0.05, 0.1) is 11.7 Å². The lowest BCUT2D eigenvalue weighted by molar-refractivity contribution is -0.125. The summed E-state index contributed by atoms with van der Waals surface area (Å²) in [4.78, 5) is 38.4. The van der Waals surface area contributed by atoms with E-state index in [1.54, 1.807) is 48.5 Å². The van der Waals surface area contributed by atoms with Gasteiger partial charge in [-0.2, -0.15) is 4.68 Å². The van der Waals surface area contributed by atoms with Crippen molar-refractivity contribution in [1.29, 1.82) is 0 Å². The predicted molar refractivity (Wildman–Crippen MR) is 157 cm³/mol. The summed E-state index contributed by atoms with van der Waals surface area (Å²) in [5.41, 5.74) is 4.60. The first-order valence-electron chi connectivity index (χ1n) is 13.0. The van der Waals surface area contributed by atoms with Crippen molar-refractivity contribution in [3.63, 3.8) is 0 Å². The molecule has 0 fully saturated rings. The number of tetrazole rings is 1. The standard InChI is InChI=1S/C31H27ClN6O3/c1-20(39)22-9-7-21(8-10-22)15-30(40)27(17-24-18-37(2)29-6-4-3-5-26(24)29)34-31(41)14-11-23-16-25(32)12-13-28(23)38-19-33-35-36-38/h3-14,16,18-19,27H,15,17H2,1-2H3,(H,34,41)/b14-11+. The summed E-state index contributed by atoms with van der Waals surface area (Å²) in [6.45, 7) is 1.50. The molecule has 0 bridgehead atoms. The van der Waals surface area contributed by atoms with Gasteiger partial charge in [0.1, 0.15) is 6.33 Å². The third-order valence-electron chi connectivity index (χ3n) is 6.85. The van der Waals surface area contributed by atoms with Crippen LogP contribution < -0.4 is 5.32 Å². The van der Waals surface area contributed by atoms with Gasteiger partial charge < -0.3 is 9.88 Å². The predicted octanol–water partition coefficient (Wildman–Crippen LogP) is 4.56. The van der Waals surface area contributed by atoms with E-state index in [0.29, 0.717) is 28.3 Å². The number of fused-ring (bicyclic) bond motifs is 1. The molecule has 0 spiro atoms. The number of amides is 1. The lowest BCUT2D eigenvalue weighted by Gasteiger charge is -2.17. The van der Waals surface area contributed by atoms with Crippen molar-refractivity contribution in [3.05, 3.63) is 113 Å². The highest BCUT2D eigenvalue weighted by Gasteiger charge is 2.23. The Morgan fingerprint density at radius 2 is 1.83 bits per heavy atom. The Hall–Kier alpha value is -4.89. The van der Waals surface area contributed by atoms with Gasteiger partial charge in [-0.3, -0.25) is 14.4 Å². The maximum Gasteiger partial charge on any atom is 0.244 e. The van der Waals surface area contributed by atoms with E-state index in [-0.39, 0.29) is 18.0 Å². The number of halogens is 1. The van der Waals surface area contributed by atoms with Crippen LogP contribution in [0.2, 0.25) is 5.02 Å². The number of hydrogen-bond donors (Lipinski definition) is 1. The summed E-state index contributed by atoms with van der Waals surface area (Å²) >= 11 is 6.20. The first-order valence-corrected chi connectivity index (χ1v) is 13.3. The number of nitrogens with one attached hydrogen (secondary N) is 1. The van der Waals surface area contributed by atoms with Crippen LogP contribution in [0.3, 0.4) is 0 Å². The molecule has 10 heteroatoms. The zero-order chi connectivity index (χ0) is 28.9. The van der Waals surface area contributed by atoms with Crippen molar-refractivity contribution in [3.8, 4) is 5.69 Å².